The van der Waals surface area contributed by atoms with Gasteiger partial charge in [-0.1, -0.05) is 49.2 Å². The maximum atomic E-state index is 11.6. The van der Waals surface area contributed by atoms with Crippen molar-refractivity contribution in [3.8, 4) is 0 Å². The van der Waals surface area contributed by atoms with Crippen LogP contribution in [0.15, 0.2) is 18.2 Å². The number of hydrogen-bond donors (Lipinski definition) is 2. The molecule has 0 amide bonds. The molecule has 2 saturated heterocycles. The van der Waals surface area contributed by atoms with Crippen molar-refractivity contribution in [2.24, 2.45) is 11.8 Å². The van der Waals surface area contributed by atoms with E-state index in [1.54, 1.807) is 0 Å². The molecule has 32 heavy (non-hydrogen) atoms. The fourth-order valence-electron chi connectivity index (χ4n) is 6.14. The highest BCUT2D eigenvalue weighted by Gasteiger charge is 2.40. The van der Waals surface area contributed by atoms with Crippen LogP contribution in [0.3, 0.4) is 0 Å². The summed E-state index contributed by atoms with van der Waals surface area (Å²) >= 11 is 6.77. The number of aliphatic carboxylic acids is 1. The van der Waals surface area contributed by atoms with Crippen LogP contribution in [0.4, 0.5) is 0 Å². The Labute approximate surface area is 197 Å². The van der Waals surface area contributed by atoms with Gasteiger partial charge in [-0.25, -0.2) is 0 Å². The number of carboxylic acid groups (broad SMARTS) is 1. The van der Waals surface area contributed by atoms with E-state index in [4.69, 9.17) is 11.6 Å². The molecule has 2 N–H and O–H groups in total. The first kappa shape index (κ1) is 23.8. The minimum atomic E-state index is -0.615. The maximum absolute atomic E-state index is 11.6. The van der Waals surface area contributed by atoms with Gasteiger partial charge in [-0.15, -0.1) is 0 Å². The van der Waals surface area contributed by atoms with Gasteiger partial charge in [0.15, 0.2) is 0 Å². The zero-order valence-electron chi connectivity index (χ0n) is 19.7. The molecule has 2 heterocycles. The van der Waals surface area contributed by atoms with Crippen LogP contribution in [-0.4, -0.2) is 40.6 Å². The molecule has 1 aliphatic carbocycles. The van der Waals surface area contributed by atoms with E-state index in [0.717, 1.165) is 54.9 Å². The topological polar surface area (TPSA) is 52.6 Å². The predicted molar refractivity (Wildman–Crippen MR) is 132 cm³/mol. The summed E-state index contributed by atoms with van der Waals surface area (Å²) in [5.74, 6) is 0.0721. The monoisotopic (exact) mass is 458 g/mol. The van der Waals surface area contributed by atoms with Crippen molar-refractivity contribution in [2.75, 3.05) is 6.54 Å². The predicted octanol–water partition coefficient (Wildman–Crippen LogP) is 4.22. The molecule has 2 aliphatic heterocycles. The molecular formula is C27H39ClN2O2. The number of fused-ring (bicyclic) bond motifs is 2. The second kappa shape index (κ2) is 10.7. The van der Waals surface area contributed by atoms with Crippen molar-refractivity contribution in [3.63, 3.8) is 0 Å². The first-order valence-corrected chi connectivity index (χ1v) is 13.0. The number of carboxylic acids is 1. The van der Waals surface area contributed by atoms with Gasteiger partial charge < -0.3 is 10.4 Å². The summed E-state index contributed by atoms with van der Waals surface area (Å²) in [4.78, 5) is 14.1. The largest absolute Gasteiger partial charge is 0.481 e. The van der Waals surface area contributed by atoms with Gasteiger partial charge >= 0.3 is 5.97 Å². The maximum Gasteiger partial charge on any atom is 0.306 e. The minimum absolute atomic E-state index is 0.170. The highest BCUT2D eigenvalue weighted by Crippen LogP contribution is 2.38. The summed E-state index contributed by atoms with van der Waals surface area (Å²) in [7, 11) is 0. The van der Waals surface area contributed by atoms with E-state index in [1.807, 2.05) is 0 Å². The smallest absolute Gasteiger partial charge is 0.306 e. The standard InChI is InChI=1S/C27H39ClN2O2/c1-3-20-13-19(17-30-23-5-4-6-24(30)15-21(14-23)27(31)32)9-12-25(20)26(28)16-29-22-10-7-18(2)8-11-22/h3,9,12-13,18,21-24,29H,4-8,10-11,14-17H2,1-2H3,(H,31,32)/b20-3-,26-25+. The quantitative estimate of drug-likeness (QED) is 0.670. The Balaban J connectivity index is 1.45. The molecule has 5 heteroatoms. The Morgan fingerprint density at radius 2 is 1.84 bits per heavy atom. The molecule has 2 atom stereocenters. The fourth-order valence-corrected chi connectivity index (χ4v) is 6.39. The normalized spacial score (nSPS) is 32.6. The van der Waals surface area contributed by atoms with E-state index in [2.05, 4.69) is 48.3 Å². The molecule has 176 valence electrons. The number of halogens is 1. The van der Waals surface area contributed by atoms with Crippen molar-refractivity contribution >= 4 is 28.7 Å². The molecule has 4 rings (SSSR count). The summed E-state index contributed by atoms with van der Waals surface area (Å²) in [5, 5.41) is 16.4. The van der Waals surface area contributed by atoms with Gasteiger partial charge in [0.2, 0.25) is 0 Å². The summed E-state index contributed by atoms with van der Waals surface area (Å²) in [6, 6.07) is 8.05. The van der Waals surface area contributed by atoms with Crippen molar-refractivity contribution in [1.29, 1.82) is 0 Å². The summed E-state index contributed by atoms with van der Waals surface area (Å²) < 4.78 is 0. The average Bonchev–Trinajstić information content (AvgIpc) is 2.78. The average molecular weight is 459 g/mol. The number of hydrogen-bond acceptors (Lipinski definition) is 3. The van der Waals surface area contributed by atoms with Crippen LogP contribution in [0.5, 0.6) is 0 Å². The van der Waals surface area contributed by atoms with Crippen molar-refractivity contribution in [3.05, 3.63) is 34.2 Å². The lowest BCUT2D eigenvalue weighted by Gasteiger charge is -2.48. The van der Waals surface area contributed by atoms with Crippen LogP contribution in [0.1, 0.15) is 77.2 Å². The van der Waals surface area contributed by atoms with Gasteiger partial charge in [-0.05, 0) is 80.2 Å². The second-order valence-electron chi connectivity index (χ2n) is 10.4. The zero-order chi connectivity index (χ0) is 22.7. The molecule has 2 unspecified atom stereocenters. The van der Waals surface area contributed by atoms with E-state index in [1.165, 1.54) is 42.9 Å². The van der Waals surface area contributed by atoms with E-state index in [-0.39, 0.29) is 5.92 Å². The third-order valence-corrected chi connectivity index (χ3v) is 8.46. The number of rotatable bonds is 6. The third-order valence-electron chi connectivity index (χ3n) is 8.12. The van der Waals surface area contributed by atoms with Crippen LogP contribution in [0, 0.1) is 11.8 Å². The molecule has 1 saturated carbocycles. The number of nitrogens with one attached hydrogen (secondary N) is 1. The van der Waals surface area contributed by atoms with Crippen LogP contribution in [0.2, 0.25) is 0 Å². The highest BCUT2D eigenvalue weighted by molar-refractivity contribution is 6.45. The van der Waals surface area contributed by atoms with Gasteiger partial charge in [-0.2, -0.15) is 0 Å². The van der Waals surface area contributed by atoms with Crippen LogP contribution in [0.25, 0.3) is 11.1 Å². The summed E-state index contributed by atoms with van der Waals surface area (Å²) in [6.45, 7) is 6.06. The molecule has 0 aromatic heterocycles. The van der Waals surface area contributed by atoms with Gasteiger partial charge in [0.1, 0.15) is 0 Å². The van der Waals surface area contributed by atoms with Gasteiger partial charge in [0.25, 0.3) is 0 Å². The van der Waals surface area contributed by atoms with E-state index in [0.29, 0.717) is 18.1 Å². The van der Waals surface area contributed by atoms with Crippen molar-refractivity contribution < 1.29 is 9.90 Å². The Hall–Kier alpha value is -1.36. The Morgan fingerprint density at radius 1 is 1.16 bits per heavy atom. The van der Waals surface area contributed by atoms with Gasteiger partial charge in [-0.3, -0.25) is 9.69 Å². The first-order chi connectivity index (χ1) is 15.4. The minimum Gasteiger partial charge on any atom is -0.481 e. The second-order valence-corrected chi connectivity index (χ2v) is 10.8. The highest BCUT2D eigenvalue weighted by atomic mass is 35.5. The van der Waals surface area contributed by atoms with Gasteiger partial charge in [0.05, 0.1) is 5.92 Å². The van der Waals surface area contributed by atoms with Crippen LogP contribution < -0.4 is 15.8 Å². The third kappa shape index (κ3) is 5.58. The van der Waals surface area contributed by atoms with Gasteiger partial charge in [0, 0.05) is 36.2 Å². The summed E-state index contributed by atoms with van der Waals surface area (Å²) in [6.07, 6.45) is 12.3. The van der Waals surface area contributed by atoms with Crippen molar-refractivity contribution in [2.45, 2.75) is 96.3 Å². The molecule has 3 fully saturated rings. The molecule has 1 aromatic rings. The SMILES string of the molecule is C/C=c1/cc(CN2C3CCCC2CC(C(=O)O)C3)cc/c1=C(\Cl)CNC1CCC(C)CC1. The zero-order valence-corrected chi connectivity index (χ0v) is 20.4. The molecule has 0 radical (unpaired) electrons. The van der Waals surface area contributed by atoms with E-state index < -0.39 is 5.97 Å². The number of piperidine rings is 2. The lowest BCUT2D eigenvalue weighted by atomic mass is 9.78. The molecule has 0 spiro atoms. The molecule has 2 bridgehead atoms. The Kier molecular flexibility index (Phi) is 7.96. The van der Waals surface area contributed by atoms with E-state index in [9.17, 15) is 9.90 Å². The molecule has 1 aromatic carbocycles. The Morgan fingerprint density at radius 3 is 2.47 bits per heavy atom. The summed E-state index contributed by atoms with van der Waals surface area (Å²) in [5.41, 5.74) is 1.30. The lowest BCUT2D eigenvalue weighted by Crippen LogP contribution is -2.52. The first-order valence-electron chi connectivity index (χ1n) is 12.6. The molecule has 4 nitrogen and oxygen atoms in total. The van der Waals surface area contributed by atoms with Crippen molar-refractivity contribution in [1.82, 2.24) is 10.2 Å². The number of nitrogens with zero attached hydrogens (tertiary/aromatic N) is 1. The molecular weight excluding hydrogens is 420 g/mol. The molecule has 3 aliphatic rings. The Bertz CT molecular complexity index is 908. The lowest BCUT2D eigenvalue weighted by molar-refractivity contribution is -0.146. The van der Waals surface area contributed by atoms with E-state index >= 15 is 0 Å². The number of benzene rings is 1. The van der Waals surface area contributed by atoms with Crippen LogP contribution in [-0.2, 0) is 11.3 Å². The fraction of sp³-hybridized carbons (Fsp3) is 0.667. The number of carbonyl (C=O) groups is 1. The van der Waals surface area contributed by atoms with Crippen LogP contribution >= 0.6 is 11.6 Å².